The Hall–Kier alpha value is -1.85. The molecule has 1 aromatic heterocycles. The first kappa shape index (κ1) is 26.7. The first-order valence-corrected chi connectivity index (χ1v) is 14.5. The maximum absolute atomic E-state index is 13.3. The first-order chi connectivity index (χ1) is 17.7. The maximum Gasteiger partial charge on any atom is 0.414 e. The fourth-order valence-corrected chi connectivity index (χ4v) is 6.41. The van der Waals surface area contributed by atoms with E-state index >= 15 is 0 Å². The Bertz CT molecular complexity index is 1120. The lowest BCUT2D eigenvalue weighted by atomic mass is 10.1. The van der Waals surface area contributed by atoms with E-state index < -0.39 is 16.1 Å². The molecule has 5 rings (SSSR count). The highest BCUT2D eigenvalue weighted by Crippen LogP contribution is 2.33. The summed E-state index contributed by atoms with van der Waals surface area (Å²) in [6, 6.07) is 11.6. The fourth-order valence-electron chi connectivity index (χ4n) is 5.26. The van der Waals surface area contributed by atoms with Gasteiger partial charge in [0.1, 0.15) is 11.9 Å². The number of aromatic nitrogens is 2. The summed E-state index contributed by atoms with van der Waals surface area (Å²) >= 11 is 18.9. The highest BCUT2D eigenvalue weighted by Gasteiger charge is 2.46. The van der Waals surface area contributed by atoms with E-state index in [0.717, 1.165) is 49.1 Å². The van der Waals surface area contributed by atoms with Crippen molar-refractivity contribution >= 4 is 64.4 Å². The van der Waals surface area contributed by atoms with Gasteiger partial charge in [0.15, 0.2) is 0 Å². The summed E-state index contributed by atoms with van der Waals surface area (Å²) < 4.78 is 4.80. The van der Waals surface area contributed by atoms with Crippen molar-refractivity contribution < 1.29 is 14.3 Å². The zero-order valence-electron chi connectivity index (χ0n) is 20.4. The predicted octanol–water partition coefficient (Wildman–Crippen LogP) is 3.74. The van der Waals surface area contributed by atoms with Crippen LogP contribution in [-0.4, -0.2) is 103 Å². The van der Waals surface area contributed by atoms with Crippen molar-refractivity contribution in [1.29, 1.82) is 0 Å². The molecule has 13 heteroatoms. The molecule has 0 N–H and O–H groups in total. The van der Waals surface area contributed by atoms with E-state index in [0.29, 0.717) is 25.4 Å². The van der Waals surface area contributed by atoms with E-state index in [-0.39, 0.29) is 11.9 Å². The second-order valence-corrected chi connectivity index (χ2v) is 12.7. The molecule has 3 saturated heterocycles. The smallest absolute Gasteiger partial charge is 0.398 e. The minimum Gasteiger partial charge on any atom is -0.398 e. The normalized spacial score (nSPS) is 23.1. The van der Waals surface area contributed by atoms with Gasteiger partial charge in [-0.3, -0.25) is 14.6 Å². The van der Waals surface area contributed by atoms with Crippen molar-refractivity contribution in [3.63, 3.8) is 0 Å². The second kappa shape index (κ2) is 11.1. The van der Waals surface area contributed by atoms with Crippen LogP contribution in [-0.2, 0) is 9.53 Å². The average molecular weight is 588 g/mol. The minimum atomic E-state index is -2.18. The number of carbonyl (C=O) groups excluding carboxylic acids is 2. The van der Waals surface area contributed by atoms with Gasteiger partial charge < -0.3 is 14.5 Å². The van der Waals surface area contributed by atoms with Crippen LogP contribution in [0.15, 0.2) is 36.4 Å². The van der Waals surface area contributed by atoms with Crippen LogP contribution in [0.4, 0.5) is 10.6 Å². The fraction of sp³-hybridized carbons (Fsp3) is 0.542. The Morgan fingerprint density at radius 2 is 1.81 bits per heavy atom. The lowest BCUT2D eigenvalue weighted by Gasteiger charge is -2.38. The van der Waals surface area contributed by atoms with E-state index in [1.165, 1.54) is 4.90 Å². The molecule has 0 aliphatic carbocycles. The molecule has 0 saturated carbocycles. The Kier molecular flexibility index (Phi) is 8.02. The summed E-state index contributed by atoms with van der Waals surface area (Å²) in [6.45, 7) is 6.19. The third kappa shape index (κ3) is 6.09. The van der Waals surface area contributed by atoms with Gasteiger partial charge in [-0.05, 0) is 60.3 Å². The molecule has 0 unspecified atom stereocenters. The standard InChI is InChI=1S/C24H29Cl3N6O3S/c1-17-13-21(33(28-17)18-5-3-2-4-6-18)30-9-7-29(8-10-30)19-14-20(22(34)31-11-12-37-16-31)32(15-19)23(35)36-24(25,26)27/h2-6,13,19-20H,7-12,14-16H2,1H3/t19-,20-/m0/s1. The molecular weight excluding hydrogens is 559 g/mol. The Labute approximate surface area is 235 Å². The highest BCUT2D eigenvalue weighted by molar-refractivity contribution is 7.99. The number of likely N-dealkylation sites (tertiary alicyclic amines) is 1. The number of anilines is 1. The van der Waals surface area contributed by atoms with Crippen molar-refractivity contribution in [3.8, 4) is 5.69 Å². The van der Waals surface area contributed by atoms with Gasteiger partial charge in [0.25, 0.3) is 0 Å². The zero-order valence-corrected chi connectivity index (χ0v) is 23.5. The van der Waals surface area contributed by atoms with Gasteiger partial charge in [-0.25, -0.2) is 9.48 Å². The van der Waals surface area contributed by atoms with Gasteiger partial charge in [-0.1, -0.05) is 18.2 Å². The van der Waals surface area contributed by atoms with Crippen LogP contribution in [0.25, 0.3) is 5.69 Å². The van der Waals surface area contributed by atoms with E-state index in [1.807, 2.05) is 41.9 Å². The second-order valence-electron chi connectivity index (χ2n) is 9.42. The number of alkyl halides is 3. The van der Waals surface area contributed by atoms with Crippen LogP contribution in [0.3, 0.4) is 0 Å². The van der Waals surface area contributed by atoms with Crippen molar-refractivity contribution in [1.82, 2.24) is 24.5 Å². The number of nitrogens with zero attached hydrogens (tertiary/aromatic N) is 6. The lowest BCUT2D eigenvalue weighted by Crippen LogP contribution is -2.51. The quantitative estimate of drug-likeness (QED) is 0.505. The third-order valence-electron chi connectivity index (χ3n) is 7.03. The van der Waals surface area contributed by atoms with Crippen molar-refractivity contribution in [2.75, 3.05) is 55.8 Å². The summed E-state index contributed by atoms with van der Waals surface area (Å²) in [6.07, 6.45) is -0.260. The largest absolute Gasteiger partial charge is 0.414 e. The first-order valence-electron chi connectivity index (χ1n) is 12.2. The monoisotopic (exact) mass is 586 g/mol. The Morgan fingerprint density at radius 3 is 2.46 bits per heavy atom. The van der Waals surface area contributed by atoms with Gasteiger partial charge in [-0.15, -0.1) is 11.8 Å². The molecule has 2 amide bonds. The molecule has 2 aromatic rings. The van der Waals surface area contributed by atoms with Gasteiger partial charge in [-0.2, -0.15) is 5.10 Å². The number of halogens is 3. The van der Waals surface area contributed by atoms with Gasteiger partial charge in [0.05, 0.1) is 17.3 Å². The topological polar surface area (TPSA) is 74.2 Å². The van der Waals surface area contributed by atoms with Gasteiger partial charge in [0.2, 0.25) is 5.91 Å². The number of piperazine rings is 1. The number of para-hydroxylation sites is 1. The molecule has 2 atom stereocenters. The summed E-state index contributed by atoms with van der Waals surface area (Å²) in [5, 5.41) is 4.71. The summed E-state index contributed by atoms with van der Waals surface area (Å²) in [5.74, 6) is 2.50. The number of rotatable bonds is 4. The number of benzene rings is 1. The molecule has 4 heterocycles. The molecule has 0 bridgehead atoms. The Balaban J connectivity index is 1.27. The van der Waals surface area contributed by atoms with Crippen molar-refractivity contribution in [3.05, 3.63) is 42.1 Å². The van der Waals surface area contributed by atoms with E-state index in [4.69, 9.17) is 44.6 Å². The molecule has 3 aliphatic rings. The van der Waals surface area contributed by atoms with Crippen LogP contribution in [0.5, 0.6) is 0 Å². The summed E-state index contributed by atoms with van der Waals surface area (Å²) in [7, 11) is 0. The number of thioether (sulfide) groups is 1. The van der Waals surface area contributed by atoms with Gasteiger partial charge >= 0.3 is 10.1 Å². The number of aryl methyl sites for hydroxylation is 1. The number of hydrogen-bond acceptors (Lipinski definition) is 7. The SMILES string of the molecule is Cc1cc(N2CCN([C@H]3C[C@@H](C(=O)N4CCSC4)N(C(=O)OC(Cl)(Cl)Cl)C3)CC2)n(-c2ccccc2)n1. The number of carbonyl (C=O) groups is 2. The summed E-state index contributed by atoms with van der Waals surface area (Å²) in [4.78, 5) is 34.1. The van der Waals surface area contributed by atoms with E-state index in [2.05, 4.69) is 15.9 Å². The van der Waals surface area contributed by atoms with Crippen LogP contribution in [0.1, 0.15) is 12.1 Å². The maximum atomic E-state index is 13.3. The molecule has 1 aromatic carbocycles. The molecular formula is C24H29Cl3N6O3S. The lowest BCUT2D eigenvalue weighted by molar-refractivity contribution is -0.134. The predicted molar refractivity (Wildman–Crippen MR) is 147 cm³/mol. The van der Waals surface area contributed by atoms with Gasteiger partial charge in [0, 0.05) is 57.1 Å². The van der Waals surface area contributed by atoms with Crippen LogP contribution in [0, 0.1) is 6.92 Å². The highest BCUT2D eigenvalue weighted by atomic mass is 35.6. The molecule has 0 radical (unpaired) electrons. The molecule has 0 spiro atoms. The molecule has 3 fully saturated rings. The minimum absolute atomic E-state index is 0.00931. The molecule has 3 aliphatic heterocycles. The molecule has 200 valence electrons. The molecule has 37 heavy (non-hydrogen) atoms. The van der Waals surface area contributed by atoms with Crippen molar-refractivity contribution in [2.45, 2.75) is 29.4 Å². The average Bonchev–Trinajstić information content (AvgIpc) is 3.63. The zero-order chi connectivity index (χ0) is 26.2. The molecule has 9 nitrogen and oxygen atoms in total. The summed E-state index contributed by atoms with van der Waals surface area (Å²) in [5.41, 5.74) is 1.98. The van der Waals surface area contributed by atoms with E-state index in [1.54, 1.807) is 16.7 Å². The van der Waals surface area contributed by atoms with Crippen LogP contribution in [0.2, 0.25) is 0 Å². The third-order valence-corrected chi connectivity index (χ3v) is 8.23. The van der Waals surface area contributed by atoms with Crippen molar-refractivity contribution in [2.24, 2.45) is 0 Å². The number of ether oxygens (including phenoxy) is 1. The van der Waals surface area contributed by atoms with Crippen LogP contribution < -0.4 is 4.90 Å². The van der Waals surface area contributed by atoms with E-state index in [9.17, 15) is 9.59 Å². The Morgan fingerprint density at radius 1 is 1.08 bits per heavy atom. The number of amides is 2. The number of hydrogen-bond donors (Lipinski definition) is 0. The van der Waals surface area contributed by atoms with Crippen LogP contribution >= 0.6 is 46.6 Å².